The zero-order chi connectivity index (χ0) is 12.4. The number of carbonyl (C=O) groups excluding carboxylic acids is 1. The molecule has 0 bridgehead atoms. The van der Waals surface area contributed by atoms with Crippen molar-refractivity contribution in [3.05, 3.63) is 45.7 Å². The summed E-state index contributed by atoms with van der Waals surface area (Å²) in [7, 11) is 0. The topological polar surface area (TPSA) is 75.9 Å². The summed E-state index contributed by atoms with van der Waals surface area (Å²) in [4.78, 5) is 25.2. The van der Waals surface area contributed by atoms with Crippen LogP contribution in [0.2, 0.25) is 0 Å². The number of H-pyrrole nitrogens is 1. The predicted octanol–water partition coefficient (Wildman–Crippen LogP) is 1.25. The molecule has 0 saturated heterocycles. The van der Waals surface area contributed by atoms with Crippen LogP contribution in [-0.4, -0.2) is 10.9 Å². The Morgan fingerprint density at radius 2 is 2.12 bits per heavy atom. The number of amides is 1. The first-order chi connectivity index (χ1) is 8.06. The van der Waals surface area contributed by atoms with Gasteiger partial charge in [-0.1, -0.05) is 11.6 Å². The quantitative estimate of drug-likeness (QED) is 0.832. The first-order valence-electron chi connectivity index (χ1n) is 5.47. The number of primary amides is 1. The van der Waals surface area contributed by atoms with Gasteiger partial charge in [0.15, 0.2) is 0 Å². The van der Waals surface area contributed by atoms with E-state index in [1.54, 1.807) is 0 Å². The Morgan fingerprint density at radius 3 is 2.82 bits per heavy atom. The van der Waals surface area contributed by atoms with Crippen molar-refractivity contribution in [2.24, 2.45) is 5.73 Å². The van der Waals surface area contributed by atoms with Crippen LogP contribution < -0.4 is 11.3 Å². The van der Waals surface area contributed by atoms with Crippen molar-refractivity contribution in [2.75, 3.05) is 0 Å². The Labute approximate surface area is 98.5 Å². The summed E-state index contributed by atoms with van der Waals surface area (Å²) in [5.41, 5.74) is 7.46. The number of hydrogen-bond donors (Lipinski definition) is 2. The SMILES string of the molecule is Cc1ccc2[nH]c(=O)c(CCC(N)=O)cc2c1. The van der Waals surface area contributed by atoms with Crippen LogP contribution in [-0.2, 0) is 11.2 Å². The summed E-state index contributed by atoms with van der Waals surface area (Å²) in [5, 5.41) is 0.976. The fourth-order valence-corrected chi connectivity index (χ4v) is 1.81. The van der Waals surface area contributed by atoms with Gasteiger partial charge in [-0.15, -0.1) is 0 Å². The molecule has 0 spiro atoms. The molecule has 1 aromatic heterocycles. The van der Waals surface area contributed by atoms with E-state index < -0.39 is 5.91 Å². The highest BCUT2D eigenvalue weighted by molar-refractivity contribution is 5.80. The normalized spacial score (nSPS) is 10.6. The highest BCUT2D eigenvalue weighted by atomic mass is 16.1. The molecule has 0 radical (unpaired) electrons. The number of fused-ring (bicyclic) bond motifs is 1. The fraction of sp³-hybridized carbons (Fsp3) is 0.231. The number of aryl methyl sites for hydroxylation is 2. The summed E-state index contributed by atoms with van der Waals surface area (Å²) in [6, 6.07) is 7.65. The van der Waals surface area contributed by atoms with Crippen LogP contribution in [0.15, 0.2) is 29.1 Å². The maximum Gasteiger partial charge on any atom is 0.251 e. The fourth-order valence-electron chi connectivity index (χ4n) is 1.81. The first kappa shape index (κ1) is 11.4. The van der Waals surface area contributed by atoms with E-state index in [9.17, 15) is 9.59 Å². The van der Waals surface area contributed by atoms with E-state index in [1.165, 1.54) is 0 Å². The Hall–Kier alpha value is -2.10. The van der Waals surface area contributed by atoms with Crippen molar-refractivity contribution < 1.29 is 4.79 Å². The minimum absolute atomic E-state index is 0.150. The number of aromatic amines is 1. The van der Waals surface area contributed by atoms with Crippen LogP contribution in [0.5, 0.6) is 0 Å². The van der Waals surface area contributed by atoms with Crippen molar-refractivity contribution in [3.8, 4) is 0 Å². The van der Waals surface area contributed by atoms with E-state index in [4.69, 9.17) is 5.73 Å². The van der Waals surface area contributed by atoms with Crippen LogP contribution in [0.3, 0.4) is 0 Å². The molecule has 88 valence electrons. The van der Waals surface area contributed by atoms with Crippen molar-refractivity contribution in [3.63, 3.8) is 0 Å². The third kappa shape index (κ3) is 2.53. The standard InChI is InChI=1S/C13H14N2O2/c1-8-2-4-11-10(6-8)7-9(13(17)15-11)3-5-12(14)16/h2,4,6-7H,3,5H2,1H3,(H2,14,16)(H,15,17). The lowest BCUT2D eigenvalue weighted by molar-refractivity contribution is -0.117. The van der Waals surface area contributed by atoms with Gasteiger partial charge in [0.05, 0.1) is 0 Å². The molecule has 2 aromatic rings. The molecule has 0 fully saturated rings. The van der Waals surface area contributed by atoms with E-state index in [0.717, 1.165) is 16.5 Å². The predicted molar refractivity (Wildman–Crippen MR) is 66.8 cm³/mol. The van der Waals surface area contributed by atoms with Gasteiger partial charge in [0.1, 0.15) is 0 Å². The van der Waals surface area contributed by atoms with E-state index in [0.29, 0.717) is 12.0 Å². The lowest BCUT2D eigenvalue weighted by Crippen LogP contribution is -2.17. The van der Waals surface area contributed by atoms with Crippen LogP contribution in [0.25, 0.3) is 10.9 Å². The number of hydrogen-bond acceptors (Lipinski definition) is 2. The molecule has 0 atom stereocenters. The van der Waals surface area contributed by atoms with E-state index >= 15 is 0 Å². The molecule has 2 rings (SSSR count). The monoisotopic (exact) mass is 230 g/mol. The third-order valence-corrected chi connectivity index (χ3v) is 2.72. The summed E-state index contributed by atoms with van der Waals surface area (Å²) in [6.07, 6.45) is 0.578. The van der Waals surface area contributed by atoms with Crippen LogP contribution >= 0.6 is 0 Å². The Balaban J connectivity index is 2.46. The van der Waals surface area contributed by atoms with Crippen molar-refractivity contribution in [1.82, 2.24) is 4.98 Å². The number of carbonyl (C=O) groups is 1. The van der Waals surface area contributed by atoms with Crippen LogP contribution in [0.4, 0.5) is 0 Å². The molecular formula is C13H14N2O2. The maximum absolute atomic E-state index is 11.7. The zero-order valence-electron chi connectivity index (χ0n) is 9.62. The highest BCUT2D eigenvalue weighted by Crippen LogP contribution is 2.13. The average molecular weight is 230 g/mol. The van der Waals surface area contributed by atoms with Crippen LogP contribution in [0.1, 0.15) is 17.5 Å². The number of benzene rings is 1. The number of aromatic nitrogens is 1. The van der Waals surface area contributed by atoms with Gasteiger partial charge in [-0.3, -0.25) is 9.59 Å². The maximum atomic E-state index is 11.7. The minimum Gasteiger partial charge on any atom is -0.370 e. The van der Waals surface area contributed by atoms with Gasteiger partial charge < -0.3 is 10.7 Å². The smallest absolute Gasteiger partial charge is 0.251 e. The van der Waals surface area contributed by atoms with Crippen molar-refractivity contribution in [2.45, 2.75) is 19.8 Å². The van der Waals surface area contributed by atoms with Gasteiger partial charge in [-0.25, -0.2) is 0 Å². The Bertz CT molecular complexity index is 629. The minimum atomic E-state index is -0.395. The molecule has 0 unspecified atom stereocenters. The van der Waals surface area contributed by atoms with Gasteiger partial charge >= 0.3 is 0 Å². The highest BCUT2D eigenvalue weighted by Gasteiger charge is 2.04. The molecule has 0 aliphatic heterocycles. The van der Waals surface area contributed by atoms with Crippen molar-refractivity contribution in [1.29, 1.82) is 0 Å². The molecule has 1 amide bonds. The summed E-state index contributed by atoms with van der Waals surface area (Å²) >= 11 is 0. The molecule has 1 heterocycles. The Morgan fingerprint density at radius 1 is 1.35 bits per heavy atom. The summed E-state index contributed by atoms with van der Waals surface area (Å²) < 4.78 is 0. The lowest BCUT2D eigenvalue weighted by Gasteiger charge is -2.03. The molecule has 1 aromatic carbocycles. The summed E-state index contributed by atoms with van der Waals surface area (Å²) in [6.45, 7) is 1.99. The lowest BCUT2D eigenvalue weighted by atomic mass is 10.1. The molecular weight excluding hydrogens is 216 g/mol. The Kier molecular flexibility index (Phi) is 2.95. The second-order valence-corrected chi connectivity index (χ2v) is 4.18. The van der Waals surface area contributed by atoms with Gasteiger partial charge in [-0.2, -0.15) is 0 Å². The number of pyridine rings is 1. The molecule has 0 aliphatic carbocycles. The average Bonchev–Trinajstić information content (AvgIpc) is 2.26. The summed E-state index contributed by atoms with van der Waals surface area (Å²) in [5.74, 6) is -0.395. The van der Waals surface area contributed by atoms with Gasteiger partial charge in [0.2, 0.25) is 5.91 Å². The van der Waals surface area contributed by atoms with Crippen LogP contribution in [0, 0.1) is 6.92 Å². The first-order valence-corrected chi connectivity index (χ1v) is 5.47. The van der Waals surface area contributed by atoms with Gasteiger partial charge in [0.25, 0.3) is 5.56 Å². The molecule has 3 N–H and O–H groups in total. The second kappa shape index (κ2) is 4.41. The number of nitrogens with one attached hydrogen (secondary N) is 1. The molecule has 0 saturated carbocycles. The second-order valence-electron chi connectivity index (χ2n) is 4.18. The molecule has 17 heavy (non-hydrogen) atoms. The third-order valence-electron chi connectivity index (χ3n) is 2.72. The number of rotatable bonds is 3. The van der Waals surface area contributed by atoms with E-state index in [1.807, 2.05) is 31.2 Å². The van der Waals surface area contributed by atoms with Crippen molar-refractivity contribution >= 4 is 16.8 Å². The van der Waals surface area contributed by atoms with E-state index in [2.05, 4.69) is 4.98 Å². The molecule has 0 aliphatic rings. The molecule has 4 heteroatoms. The van der Waals surface area contributed by atoms with Gasteiger partial charge in [0, 0.05) is 17.5 Å². The largest absolute Gasteiger partial charge is 0.370 e. The number of nitrogens with two attached hydrogens (primary N) is 1. The molecule has 4 nitrogen and oxygen atoms in total. The zero-order valence-corrected chi connectivity index (χ0v) is 9.62. The van der Waals surface area contributed by atoms with Gasteiger partial charge in [-0.05, 0) is 36.9 Å². The van der Waals surface area contributed by atoms with E-state index in [-0.39, 0.29) is 12.0 Å².